The molecule has 0 radical (unpaired) electrons. The number of hydrogen-bond acceptors (Lipinski definition) is 6. The van der Waals surface area contributed by atoms with Gasteiger partial charge in [-0.05, 0) is 78.6 Å². The van der Waals surface area contributed by atoms with Gasteiger partial charge in [-0.2, -0.15) is 0 Å². The summed E-state index contributed by atoms with van der Waals surface area (Å²) in [5, 5.41) is 0. The zero-order valence-corrected chi connectivity index (χ0v) is 25.0. The van der Waals surface area contributed by atoms with Gasteiger partial charge in [0.15, 0.2) is 39.6 Å². The van der Waals surface area contributed by atoms with Crippen LogP contribution in [0.15, 0.2) is 0 Å². The highest BCUT2D eigenvalue weighted by Crippen LogP contribution is 2.35. The molecule has 0 aliphatic carbocycles. The molecule has 5 atom stereocenters. The first-order valence-electron chi connectivity index (χ1n) is 10.7. The highest BCUT2D eigenvalue weighted by atomic mass is 28.4. The van der Waals surface area contributed by atoms with Crippen molar-refractivity contribution in [2.75, 3.05) is 13.7 Å². The van der Waals surface area contributed by atoms with Crippen molar-refractivity contribution in [1.29, 1.82) is 0 Å². The Morgan fingerprint density at radius 1 is 0.690 bits per heavy atom. The van der Waals surface area contributed by atoms with Gasteiger partial charge in [0.2, 0.25) is 0 Å². The van der Waals surface area contributed by atoms with Crippen molar-refractivity contribution in [3.63, 3.8) is 0 Å². The maximum atomic E-state index is 6.65. The van der Waals surface area contributed by atoms with Crippen molar-refractivity contribution < 1.29 is 27.2 Å². The van der Waals surface area contributed by atoms with E-state index in [1.807, 2.05) is 0 Å². The number of hydrogen-bond donors (Lipinski definition) is 0. The van der Waals surface area contributed by atoms with Gasteiger partial charge in [-0.3, -0.25) is 0 Å². The summed E-state index contributed by atoms with van der Waals surface area (Å²) in [4.78, 5) is 0. The second-order valence-electron chi connectivity index (χ2n) is 11.8. The molecular weight excluding hydrogens is 437 g/mol. The van der Waals surface area contributed by atoms with Crippen LogP contribution in [0, 0.1) is 0 Å². The molecule has 0 aromatic carbocycles. The van der Waals surface area contributed by atoms with E-state index in [2.05, 4.69) is 78.6 Å². The van der Waals surface area contributed by atoms with E-state index in [1.54, 1.807) is 7.11 Å². The van der Waals surface area contributed by atoms with Crippen molar-refractivity contribution in [1.82, 2.24) is 0 Å². The van der Waals surface area contributed by atoms with Crippen LogP contribution in [0.2, 0.25) is 78.6 Å². The van der Waals surface area contributed by atoms with Crippen LogP contribution < -0.4 is 0 Å². The minimum atomic E-state index is -1.86. The second-order valence-corrected chi connectivity index (χ2v) is 29.7. The first-order chi connectivity index (χ1) is 12.8. The van der Waals surface area contributed by atoms with Gasteiger partial charge in [-0.1, -0.05) is 0 Å². The first-order valence-corrected chi connectivity index (χ1v) is 24.3. The maximum Gasteiger partial charge on any atom is 0.185 e. The van der Waals surface area contributed by atoms with Gasteiger partial charge in [0.1, 0.15) is 18.3 Å². The molecule has 1 saturated heterocycles. The van der Waals surface area contributed by atoms with Crippen molar-refractivity contribution in [2.45, 2.75) is 109 Å². The highest BCUT2D eigenvalue weighted by Gasteiger charge is 2.53. The quantitative estimate of drug-likeness (QED) is 0.392. The van der Waals surface area contributed by atoms with Crippen molar-refractivity contribution >= 4 is 33.3 Å². The van der Waals surface area contributed by atoms with E-state index in [-0.39, 0.29) is 24.4 Å². The Hall–Kier alpha value is 0.628. The van der Waals surface area contributed by atoms with E-state index in [0.29, 0.717) is 6.61 Å². The van der Waals surface area contributed by atoms with Crippen molar-refractivity contribution in [3.8, 4) is 0 Å². The molecule has 0 unspecified atom stereocenters. The Bertz CT molecular complexity index is 507. The normalized spacial score (nSPS) is 28.0. The molecule has 0 aromatic rings. The molecule has 0 N–H and O–H groups in total. The molecule has 0 spiro atoms. The summed E-state index contributed by atoms with van der Waals surface area (Å²) in [7, 11) is -5.57. The molecule has 0 aromatic heterocycles. The maximum absolute atomic E-state index is 6.65. The van der Waals surface area contributed by atoms with E-state index in [1.165, 1.54) is 0 Å². The molecular formula is C19H46O6Si4. The van der Waals surface area contributed by atoms with Crippen LogP contribution >= 0.6 is 0 Å². The lowest BCUT2D eigenvalue weighted by Crippen LogP contribution is -2.53. The molecule has 1 rings (SSSR count). The van der Waals surface area contributed by atoms with Crippen LogP contribution in [-0.2, 0) is 27.2 Å². The molecule has 174 valence electrons. The Morgan fingerprint density at radius 2 is 1.17 bits per heavy atom. The number of rotatable bonds is 11. The lowest BCUT2D eigenvalue weighted by atomic mass is 10.1. The average molecular weight is 483 g/mol. The summed E-state index contributed by atoms with van der Waals surface area (Å²) in [6, 6.07) is 0. The zero-order valence-electron chi connectivity index (χ0n) is 21.0. The predicted octanol–water partition coefficient (Wildman–Crippen LogP) is 4.87. The molecule has 1 heterocycles. The minimum absolute atomic E-state index is 0.206. The van der Waals surface area contributed by atoms with Crippen molar-refractivity contribution in [2.24, 2.45) is 0 Å². The topological polar surface area (TPSA) is 55.4 Å². The van der Waals surface area contributed by atoms with Crippen molar-refractivity contribution in [3.05, 3.63) is 0 Å². The third kappa shape index (κ3) is 10.7. The van der Waals surface area contributed by atoms with Crippen LogP contribution in [0.1, 0.15) is 0 Å². The molecule has 1 fully saturated rings. The third-order valence-corrected chi connectivity index (χ3v) is 7.97. The lowest BCUT2D eigenvalue weighted by molar-refractivity contribution is -0.161. The SMILES string of the molecule is CO[C@H]1O[C@H]([C@@H](CO[Si](C)(C)C)O[Si](C)(C)C)[C@H](O[Si](C)(C)C)[C@@H]1O[Si](C)(C)C. The van der Waals surface area contributed by atoms with E-state index < -0.39 is 39.6 Å². The smallest absolute Gasteiger partial charge is 0.185 e. The van der Waals surface area contributed by atoms with Crippen LogP contribution in [-0.4, -0.2) is 77.7 Å². The van der Waals surface area contributed by atoms with Gasteiger partial charge < -0.3 is 27.2 Å². The zero-order chi connectivity index (χ0) is 22.8. The fourth-order valence-corrected chi connectivity index (χ4v) is 7.12. The van der Waals surface area contributed by atoms with Crippen LogP contribution in [0.5, 0.6) is 0 Å². The van der Waals surface area contributed by atoms with E-state index >= 15 is 0 Å². The largest absolute Gasteiger partial charge is 0.415 e. The van der Waals surface area contributed by atoms with Gasteiger partial charge in [0.05, 0.1) is 12.7 Å². The van der Waals surface area contributed by atoms with Gasteiger partial charge in [-0.15, -0.1) is 0 Å². The summed E-state index contributed by atoms with van der Waals surface area (Å²) in [5.41, 5.74) is 0. The molecule has 0 bridgehead atoms. The summed E-state index contributed by atoms with van der Waals surface area (Å²) in [5.74, 6) is 0. The molecule has 0 saturated carbocycles. The number of methoxy groups -OCH3 is 1. The Morgan fingerprint density at radius 3 is 1.55 bits per heavy atom. The summed E-state index contributed by atoms with van der Waals surface area (Å²) >= 11 is 0. The lowest BCUT2D eigenvalue weighted by Gasteiger charge is -2.37. The van der Waals surface area contributed by atoms with E-state index in [4.69, 9.17) is 27.2 Å². The molecule has 1 aliphatic rings. The summed E-state index contributed by atoms with van der Waals surface area (Å²) in [6.45, 7) is 26.8. The van der Waals surface area contributed by atoms with Gasteiger partial charge >= 0.3 is 0 Å². The molecule has 1 aliphatic heterocycles. The fraction of sp³-hybridized carbons (Fsp3) is 1.00. The predicted molar refractivity (Wildman–Crippen MR) is 130 cm³/mol. The first kappa shape index (κ1) is 27.7. The minimum Gasteiger partial charge on any atom is -0.415 e. The molecule has 0 amide bonds. The summed E-state index contributed by atoms with van der Waals surface area (Å²) in [6.07, 6.45) is -1.45. The standard InChI is InChI=1S/C19H46O6Si4/c1-20-19-18(25-29(11,12)13)17(24-28(8,9)10)16(22-19)15(23-27(5,6)7)14-21-26(2,3)4/h15-19H,14H2,1-13H3/t15-,16-,17+,18+,19+/m1/s1. The Labute approximate surface area is 183 Å². The highest BCUT2D eigenvalue weighted by molar-refractivity contribution is 6.71. The van der Waals surface area contributed by atoms with Gasteiger partial charge in [-0.25, -0.2) is 0 Å². The number of ether oxygens (including phenoxy) is 2. The second kappa shape index (κ2) is 10.1. The Balaban J connectivity index is 3.26. The third-order valence-electron chi connectivity index (χ3n) is 3.97. The summed E-state index contributed by atoms with van der Waals surface area (Å²) < 4.78 is 38.1. The average Bonchev–Trinajstić information content (AvgIpc) is 2.76. The van der Waals surface area contributed by atoms with E-state index in [9.17, 15) is 0 Å². The molecule has 6 nitrogen and oxygen atoms in total. The Kier molecular flexibility index (Phi) is 9.59. The molecule has 29 heavy (non-hydrogen) atoms. The van der Waals surface area contributed by atoms with Gasteiger partial charge in [0.25, 0.3) is 0 Å². The van der Waals surface area contributed by atoms with Crippen LogP contribution in [0.3, 0.4) is 0 Å². The molecule has 10 heteroatoms. The van der Waals surface area contributed by atoms with Crippen LogP contribution in [0.4, 0.5) is 0 Å². The monoisotopic (exact) mass is 482 g/mol. The fourth-order valence-electron chi connectivity index (χ4n) is 3.20. The van der Waals surface area contributed by atoms with Gasteiger partial charge in [0, 0.05) is 7.11 Å². The van der Waals surface area contributed by atoms with E-state index in [0.717, 1.165) is 0 Å². The van der Waals surface area contributed by atoms with Crippen LogP contribution in [0.25, 0.3) is 0 Å².